The third-order valence-electron chi connectivity index (χ3n) is 3.11. The average molecular weight is 331 g/mol. The first-order chi connectivity index (χ1) is 10.7. The zero-order chi connectivity index (χ0) is 17.0. The van der Waals surface area contributed by atoms with Crippen molar-refractivity contribution in [1.82, 2.24) is 9.97 Å². The first-order valence-electron chi connectivity index (χ1n) is 7.17. The zero-order valence-electron chi connectivity index (χ0n) is 13.5. The fourth-order valence-corrected chi connectivity index (χ4v) is 2.58. The van der Waals surface area contributed by atoms with E-state index >= 15 is 0 Å². The smallest absolute Gasteiger partial charge is 0.234 e. The molecule has 0 aliphatic carbocycles. The summed E-state index contributed by atoms with van der Waals surface area (Å²) in [5.74, 6) is 0.628. The molecule has 5 N–H and O–H groups in total. The molecule has 0 saturated carbocycles. The number of rotatable bonds is 4. The zero-order valence-corrected chi connectivity index (χ0v) is 14.3. The number of carbonyl (C=O) groups excluding carboxylic acids is 1. The Kier molecular flexibility index (Phi) is 5.10. The number of nitrogens with two attached hydrogens (primary N) is 2. The van der Waals surface area contributed by atoms with Crippen LogP contribution >= 0.6 is 11.8 Å². The van der Waals surface area contributed by atoms with Gasteiger partial charge in [0.25, 0.3) is 0 Å². The lowest BCUT2D eigenvalue weighted by Crippen LogP contribution is -2.15. The lowest BCUT2D eigenvalue weighted by Gasteiger charge is -2.19. The van der Waals surface area contributed by atoms with E-state index in [1.54, 1.807) is 0 Å². The molecule has 0 fully saturated rings. The number of anilines is 3. The molecule has 0 saturated heterocycles. The molecular weight excluding hydrogens is 310 g/mol. The Morgan fingerprint density at radius 1 is 1.13 bits per heavy atom. The second-order valence-electron chi connectivity index (χ2n) is 6.16. The highest BCUT2D eigenvalue weighted by atomic mass is 32.2. The Morgan fingerprint density at radius 2 is 1.70 bits per heavy atom. The molecule has 6 nitrogen and oxygen atoms in total. The number of nitrogen functional groups attached to an aromatic ring is 2. The van der Waals surface area contributed by atoms with Gasteiger partial charge in [-0.15, -0.1) is 0 Å². The predicted octanol–water partition coefficient (Wildman–Crippen LogP) is 2.67. The van der Waals surface area contributed by atoms with Crippen molar-refractivity contribution in [3.05, 3.63) is 35.9 Å². The van der Waals surface area contributed by atoms with Crippen LogP contribution in [0, 0.1) is 0 Å². The number of hydrogen-bond donors (Lipinski definition) is 3. The molecule has 2 aromatic rings. The predicted molar refractivity (Wildman–Crippen MR) is 95.4 cm³/mol. The van der Waals surface area contributed by atoms with Crippen molar-refractivity contribution in [2.75, 3.05) is 22.5 Å². The van der Waals surface area contributed by atoms with Gasteiger partial charge in [-0.2, -0.15) is 0 Å². The topological polar surface area (TPSA) is 107 Å². The first kappa shape index (κ1) is 17.1. The van der Waals surface area contributed by atoms with Crippen LogP contribution in [0.5, 0.6) is 0 Å². The molecule has 0 aliphatic rings. The van der Waals surface area contributed by atoms with Crippen molar-refractivity contribution in [1.29, 1.82) is 0 Å². The SMILES string of the molecule is CC(C)(C)c1ccc(NC(=O)CSc2nc(N)cc(N)n2)cc1. The molecule has 0 bridgehead atoms. The molecule has 1 amide bonds. The number of thioether (sulfide) groups is 1. The van der Waals surface area contributed by atoms with Gasteiger partial charge in [0, 0.05) is 11.8 Å². The van der Waals surface area contributed by atoms with E-state index < -0.39 is 0 Å². The van der Waals surface area contributed by atoms with E-state index in [-0.39, 0.29) is 28.7 Å². The highest BCUT2D eigenvalue weighted by molar-refractivity contribution is 7.99. The molecule has 0 atom stereocenters. The van der Waals surface area contributed by atoms with Gasteiger partial charge < -0.3 is 16.8 Å². The van der Waals surface area contributed by atoms with Gasteiger partial charge in [-0.1, -0.05) is 44.7 Å². The number of nitrogens with zero attached hydrogens (tertiary/aromatic N) is 2. The van der Waals surface area contributed by atoms with E-state index in [1.165, 1.54) is 23.4 Å². The standard InChI is InChI=1S/C16H21N5OS/c1-16(2,3)10-4-6-11(7-5-10)19-14(22)9-23-15-20-12(17)8-13(18)21-15/h4-8H,9H2,1-3H3,(H,19,22)(H4,17,18,20,21). The molecular formula is C16H21N5OS. The average Bonchev–Trinajstić information content (AvgIpc) is 2.44. The summed E-state index contributed by atoms with van der Waals surface area (Å²) in [6.07, 6.45) is 0. The summed E-state index contributed by atoms with van der Waals surface area (Å²) in [6.45, 7) is 6.44. The van der Waals surface area contributed by atoms with Gasteiger partial charge in [-0.3, -0.25) is 4.79 Å². The molecule has 1 heterocycles. The quantitative estimate of drug-likeness (QED) is 0.587. The Hall–Kier alpha value is -2.28. The van der Waals surface area contributed by atoms with Crippen LogP contribution < -0.4 is 16.8 Å². The summed E-state index contributed by atoms with van der Waals surface area (Å²) in [7, 11) is 0. The maximum atomic E-state index is 12.0. The second kappa shape index (κ2) is 6.87. The summed E-state index contributed by atoms with van der Waals surface area (Å²) in [5.41, 5.74) is 13.3. The van der Waals surface area contributed by atoms with Crippen LogP contribution in [0.15, 0.2) is 35.5 Å². The van der Waals surface area contributed by atoms with E-state index in [2.05, 4.69) is 36.1 Å². The summed E-state index contributed by atoms with van der Waals surface area (Å²) >= 11 is 1.19. The van der Waals surface area contributed by atoms with Crippen LogP contribution in [-0.4, -0.2) is 21.6 Å². The number of nitrogens with one attached hydrogen (secondary N) is 1. The Morgan fingerprint density at radius 3 is 2.22 bits per heavy atom. The van der Waals surface area contributed by atoms with Crippen molar-refractivity contribution >= 4 is 35.0 Å². The highest BCUT2D eigenvalue weighted by Crippen LogP contribution is 2.23. The van der Waals surface area contributed by atoms with Gasteiger partial charge in [0.15, 0.2) is 5.16 Å². The Labute approximate surface area is 140 Å². The molecule has 23 heavy (non-hydrogen) atoms. The fraction of sp³-hybridized carbons (Fsp3) is 0.312. The van der Waals surface area contributed by atoms with Crippen molar-refractivity contribution in [2.24, 2.45) is 0 Å². The first-order valence-corrected chi connectivity index (χ1v) is 8.16. The molecule has 1 aromatic carbocycles. The number of hydrogen-bond acceptors (Lipinski definition) is 6. The molecule has 0 spiro atoms. The van der Waals surface area contributed by atoms with Crippen molar-refractivity contribution in [3.8, 4) is 0 Å². The lowest BCUT2D eigenvalue weighted by atomic mass is 9.87. The summed E-state index contributed by atoms with van der Waals surface area (Å²) in [4.78, 5) is 20.0. The molecule has 0 unspecified atom stereocenters. The monoisotopic (exact) mass is 331 g/mol. The summed E-state index contributed by atoms with van der Waals surface area (Å²) in [6, 6.07) is 9.31. The number of aromatic nitrogens is 2. The lowest BCUT2D eigenvalue weighted by molar-refractivity contribution is -0.113. The molecule has 1 aromatic heterocycles. The summed E-state index contributed by atoms with van der Waals surface area (Å²) < 4.78 is 0. The highest BCUT2D eigenvalue weighted by Gasteiger charge is 2.13. The van der Waals surface area contributed by atoms with Gasteiger partial charge in [0.1, 0.15) is 11.6 Å². The summed E-state index contributed by atoms with van der Waals surface area (Å²) in [5, 5.41) is 3.23. The van der Waals surface area contributed by atoms with Gasteiger partial charge in [0.05, 0.1) is 5.75 Å². The Bertz CT molecular complexity index is 674. The minimum atomic E-state index is -0.136. The largest absolute Gasteiger partial charge is 0.383 e. The van der Waals surface area contributed by atoms with Crippen molar-refractivity contribution in [3.63, 3.8) is 0 Å². The van der Waals surface area contributed by atoms with Gasteiger partial charge in [-0.25, -0.2) is 9.97 Å². The normalized spacial score (nSPS) is 11.3. The van der Waals surface area contributed by atoms with Crippen LogP contribution in [-0.2, 0) is 10.2 Å². The second-order valence-corrected chi connectivity index (χ2v) is 7.11. The maximum Gasteiger partial charge on any atom is 0.234 e. The molecule has 0 radical (unpaired) electrons. The van der Waals surface area contributed by atoms with Crippen molar-refractivity contribution in [2.45, 2.75) is 31.3 Å². The number of carbonyl (C=O) groups is 1. The van der Waals surface area contributed by atoms with E-state index in [0.717, 1.165) is 5.69 Å². The van der Waals surface area contributed by atoms with Gasteiger partial charge >= 0.3 is 0 Å². The van der Waals surface area contributed by atoms with Crippen LogP contribution in [0.2, 0.25) is 0 Å². The third kappa shape index (κ3) is 5.14. The number of benzene rings is 1. The van der Waals surface area contributed by atoms with Gasteiger partial charge in [0.2, 0.25) is 5.91 Å². The Balaban J connectivity index is 1.92. The van der Waals surface area contributed by atoms with E-state index in [0.29, 0.717) is 5.16 Å². The van der Waals surface area contributed by atoms with E-state index in [4.69, 9.17) is 11.5 Å². The minimum Gasteiger partial charge on any atom is -0.383 e. The fourth-order valence-electron chi connectivity index (χ4n) is 1.91. The molecule has 122 valence electrons. The van der Waals surface area contributed by atoms with Crippen LogP contribution in [0.3, 0.4) is 0 Å². The van der Waals surface area contributed by atoms with Crippen molar-refractivity contribution < 1.29 is 4.79 Å². The van der Waals surface area contributed by atoms with Crippen LogP contribution in [0.25, 0.3) is 0 Å². The molecule has 0 aliphatic heterocycles. The minimum absolute atomic E-state index is 0.0862. The van der Waals surface area contributed by atoms with Gasteiger partial charge in [-0.05, 0) is 23.1 Å². The van der Waals surface area contributed by atoms with E-state index in [1.807, 2.05) is 24.3 Å². The number of amides is 1. The van der Waals surface area contributed by atoms with Crippen LogP contribution in [0.1, 0.15) is 26.3 Å². The molecule has 2 rings (SSSR count). The van der Waals surface area contributed by atoms with Crippen LogP contribution in [0.4, 0.5) is 17.3 Å². The molecule has 7 heteroatoms. The van der Waals surface area contributed by atoms with E-state index in [9.17, 15) is 4.79 Å². The maximum absolute atomic E-state index is 12.0. The third-order valence-corrected chi connectivity index (χ3v) is 3.96.